The molecule has 0 aromatic heterocycles. The van der Waals surface area contributed by atoms with Crippen LogP contribution in [0.1, 0.15) is 37.3 Å². The molecule has 0 aliphatic carbocycles. The zero-order valence-corrected chi connectivity index (χ0v) is 11.2. The van der Waals surface area contributed by atoms with Crippen molar-refractivity contribution in [3.63, 3.8) is 0 Å². The Labute approximate surface area is 110 Å². The lowest BCUT2D eigenvalue weighted by Crippen LogP contribution is -2.37. The first kappa shape index (κ1) is 13.5. The molecule has 18 heavy (non-hydrogen) atoms. The van der Waals surface area contributed by atoms with E-state index in [1.54, 1.807) is 0 Å². The van der Waals surface area contributed by atoms with Gasteiger partial charge in [0.05, 0.1) is 5.60 Å². The fourth-order valence-electron chi connectivity index (χ4n) is 2.62. The number of fused-ring (bicyclic) bond motifs is 1. The van der Waals surface area contributed by atoms with Crippen LogP contribution in [0.5, 0.6) is 0 Å². The van der Waals surface area contributed by atoms with Crippen LogP contribution < -0.4 is 5.73 Å². The van der Waals surface area contributed by atoms with Crippen LogP contribution in [0.15, 0.2) is 24.3 Å². The molecule has 0 amide bonds. The number of nitrogens with two attached hydrogens (primary N) is 1. The summed E-state index contributed by atoms with van der Waals surface area (Å²) in [6.07, 6.45) is 2.55. The minimum Gasteiger partial charge on any atom is -0.389 e. The van der Waals surface area contributed by atoms with Gasteiger partial charge in [-0.3, -0.25) is 4.90 Å². The van der Waals surface area contributed by atoms with Crippen LogP contribution in [-0.4, -0.2) is 28.7 Å². The van der Waals surface area contributed by atoms with Gasteiger partial charge < -0.3 is 10.8 Å². The van der Waals surface area contributed by atoms with Gasteiger partial charge in [0.15, 0.2) is 0 Å². The quantitative estimate of drug-likeness (QED) is 0.808. The average Bonchev–Trinajstić information content (AvgIpc) is 2.81. The van der Waals surface area contributed by atoms with Crippen LogP contribution in [-0.2, 0) is 13.1 Å². The van der Waals surface area contributed by atoms with Crippen molar-refractivity contribution in [2.45, 2.75) is 44.9 Å². The van der Waals surface area contributed by atoms with Gasteiger partial charge in [0.25, 0.3) is 0 Å². The number of hydrogen-bond acceptors (Lipinski definition) is 3. The van der Waals surface area contributed by atoms with Crippen LogP contribution >= 0.6 is 0 Å². The summed E-state index contributed by atoms with van der Waals surface area (Å²) >= 11 is 0. The molecule has 1 aliphatic heterocycles. The Balaban J connectivity index is 1.77. The van der Waals surface area contributed by atoms with Crippen LogP contribution in [0.3, 0.4) is 0 Å². The van der Waals surface area contributed by atoms with E-state index >= 15 is 0 Å². The van der Waals surface area contributed by atoms with Crippen molar-refractivity contribution in [3.05, 3.63) is 35.4 Å². The number of nitrogens with zero attached hydrogens (tertiary/aromatic N) is 1. The van der Waals surface area contributed by atoms with Crippen molar-refractivity contribution >= 4 is 0 Å². The van der Waals surface area contributed by atoms with E-state index < -0.39 is 5.60 Å². The predicted octanol–water partition coefficient (Wildman–Crippen LogP) is 1.88. The van der Waals surface area contributed by atoms with E-state index in [2.05, 4.69) is 29.2 Å². The van der Waals surface area contributed by atoms with Crippen LogP contribution in [0, 0.1) is 0 Å². The van der Waals surface area contributed by atoms with E-state index in [4.69, 9.17) is 5.73 Å². The Kier molecular flexibility index (Phi) is 4.38. The molecule has 0 radical (unpaired) electrons. The molecule has 1 atom stereocenters. The number of hydrogen-bond donors (Lipinski definition) is 2. The largest absolute Gasteiger partial charge is 0.389 e. The lowest BCUT2D eigenvalue weighted by molar-refractivity contribution is 0.0315. The molecule has 3 nitrogen and oxygen atoms in total. The van der Waals surface area contributed by atoms with Crippen LogP contribution in [0.4, 0.5) is 0 Å². The van der Waals surface area contributed by atoms with Gasteiger partial charge in [-0.25, -0.2) is 0 Å². The third-order valence-electron chi connectivity index (χ3n) is 4.06. The Morgan fingerprint density at radius 1 is 1.28 bits per heavy atom. The van der Waals surface area contributed by atoms with Crippen LogP contribution in [0.25, 0.3) is 0 Å². The minimum absolute atomic E-state index is 0.365. The molecule has 0 spiro atoms. The molecule has 1 aromatic carbocycles. The van der Waals surface area contributed by atoms with Crippen molar-refractivity contribution in [3.8, 4) is 0 Å². The Bertz CT molecular complexity index is 363. The summed E-state index contributed by atoms with van der Waals surface area (Å²) < 4.78 is 0. The summed E-state index contributed by atoms with van der Waals surface area (Å²) in [5.41, 5.74) is 7.85. The first-order chi connectivity index (χ1) is 8.67. The molecule has 100 valence electrons. The van der Waals surface area contributed by atoms with Gasteiger partial charge in [0, 0.05) is 19.6 Å². The molecule has 3 heteroatoms. The normalized spacial score (nSPS) is 18.6. The highest BCUT2D eigenvalue weighted by molar-refractivity contribution is 5.30. The summed E-state index contributed by atoms with van der Waals surface area (Å²) in [6, 6.07) is 8.62. The maximum Gasteiger partial charge on any atom is 0.0767 e. The monoisotopic (exact) mass is 248 g/mol. The minimum atomic E-state index is -0.660. The van der Waals surface area contributed by atoms with E-state index in [1.165, 1.54) is 11.1 Å². The highest BCUT2D eigenvalue weighted by Gasteiger charge is 2.23. The summed E-state index contributed by atoms with van der Waals surface area (Å²) in [7, 11) is 0. The second-order valence-corrected chi connectivity index (χ2v) is 5.36. The molecule has 1 heterocycles. The van der Waals surface area contributed by atoms with E-state index in [-0.39, 0.29) is 0 Å². The van der Waals surface area contributed by atoms with Gasteiger partial charge in [-0.2, -0.15) is 0 Å². The summed E-state index contributed by atoms with van der Waals surface area (Å²) in [4.78, 5) is 2.44. The molecule has 0 bridgehead atoms. The van der Waals surface area contributed by atoms with Crippen molar-refractivity contribution < 1.29 is 5.11 Å². The molecule has 1 unspecified atom stereocenters. The van der Waals surface area contributed by atoms with E-state index in [9.17, 15) is 5.11 Å². The highest BCUT2D eigenvalue weighted by Crippen LogP contribution is 2.23. The Hall–Kier alpha value is -0.900. The molecule has 0 fully saturated rings. The lowest BCUT2D eigenvalue weighted by atomic mass is 9.95. The first-order valence-electron chi connectivity index (χ1n) is 6.88. The smallest absolute Gasteiger partial charge is 0.0767 e. The number of rotatable bonds is 6. The second-order valence-electron chi connectivity index (χ2n) is 5.36. The Morgan fingerprint density at radius 3 is 2.39 bits per heavy atom. The van der Waals surface area contributed by atoms with Crippen molar-refractivity contribution in [1.29, 1.82) is 0 Å². The SMILES string of the molecule is CCC(O)(CN)CCCN1Cc2ccccc2C1. The van der Waals surface area contributed by atoms with Crippen molar-refractivity contribution in [2.75, 3.05) is 13.1 Å². The van der Waals surface area contributed by atoms with E-state index in [0.717, 1.165) is 38.9 Å². The average molecular weight is 248 g/mol. The molecule has 2 rings (SSSR count). The summed E-state index contributed by atoms with van der Waals surface area (Å²) in [5.74, 6) is 0. The maximum atomic E-state index is 10.1. The molecule has 0 saturated heterocycles. The second kappa shape index (κ2) is 5.83. The number of aliphatic hydroxyl groups is 1. The van der Waals surface area contributed by atoms with E-state index in [1.807, 2.05) is 6.92 Å². The molecular weight excluding hydrogens is 224 g/mol. The molecular formula is C15H24N2O. The fourth-order valence-corrected chi connectivity index (χ4v) is 2.62. The van der Waals surface area contributed by atoms with Gasteiger partial charge in [-0.1, -0.05) is 31.2 Å². The molecule has 1 aliphatic rings. The van der Waals surface area contributed by atoms with Gasteiger partial charge >= 0.3 is 0 Å². The van der Waals surface area contributed by atoms with Gasteiger partial charge in [-0.05, 0) is 36.9 Å². The standard InChI is InChI=1S/C15H24N2O/c1-2-15(18,12-16)8-5-9-17-10-13-6-3-4-7-14(13)11-17/h3-4,6-7,18H,2,5,8-12,16H2,1H3. The fraction of sp³-hybridized carbons (Fsp3) is 0.600. The Morgan fingerprint density at radius 2 is 1.89 bits per heavy atom. The topological polar surface area (TPSA) is 49.5 Å². The van der Waals surface area contributed by atoms with Gasteiger partial charge in [-0.15, -0.1) is 0 Å². The first-order valence-corrected chi connectivity index (χ1v) is 6.88. The zero-order valence-electron chi connectivity index (χ0n) is 11.2. The maximum absolute atomic E-state index is 10.1. The van der Waals surface area contributed by atoms with Gasteiger partial charge in [0.2, 0.25) is 0 Å². The van der Waals surface area contributed by atoms with Crippen molar-refractivity contribution in [1.82, 2.24) is 4.90 Å². The summed E-state index contributed by atoms with van der Waals surface area (Å²) in [5, 5.41) is 10.1. The third kappa shape index (κ3) is 3.10. The number of benzene rings is 1. The van der Waals surface area contributed by atoms with Gasteiger partial charge in [0.1, 0.15) is 0 Å². The van der Waals surface area contributed by atoms with Crippen molar-refractivity contribution in [2.24, 2.45) is 5.73 Å². The van der Waals surface area contributed by atoms with Crippen LogP contribution in [0.2, 0.25) is 0 Å². The van der Waals surface area contributed by atoms with E-state index in [0.29, 0.717) is 6.54 Å². The molecule has 0 saturated carbocycles. The highest BCUT2D eigenvalue weighted by atomic mass is 16.3. The lowest BCUT2D eigenvalue weighted by Gasteiger charge is -2.26. The zero-order chi connectivity index (χ0) is 13.0. The molecule has 3 N–H and O–H groups in total. The predicted molar refractivity (Wildman–Crippen MR) is 74.1 cm³/mol. The summed E-state index contributed by atoms with van der Waals surface area (Å²) in [6.45, 7) is 5.49. The molecule has 1 aromatic rings. The third-order valence-corrected chi connectivity index (χ3v) is 4.06.